The van der Waals surface area contributed by atoms with E-state index in [1.807, 2.05) is 0 Å². The second-order valence-corrected chi connectivity index (χ2v) is 3.61. The Balaban J connectivity index is 2.43. The van der Waals surface area contributed by atoms with Gasteiger partial charge in [0, 0.05) is 13.1 Å². The van der Waals surface area contributed by atoms with Gasteiger partial charge in [-0.25, -0.2) is 14.0 Å². The van der Waals surface area contributed by atoms with Crippen LogP contribution in [0.4, 0.5) is 14.9 Å². The second kappa shape index (κ2) is 7.15. The number of carbonyl (C=O) groups is 2. The molecule has 0 aromatic heterocycles. The van der Waals surface area contributed by atoms with Crippen molar-refractivity contribution in [2.45, 2.75) is 0 Å². The molecule has 6 heteroatoms. The maximum absolute atomic E-state index is 13.4. The number of hydrogen-bond acceptors (Lipinski definition) is 3. The molecule has 0 atom stereocenters. The summed E-state index contributed by atoms with van der Waals surface area (Å²) in [6.45, 7) is 3.41. The Morgan fingerprint density at radius 1 is 1.47 bits per heavy atom. The van der Waals surface area contributed by atoms with Crippen LogP contribution in [0.5, 0.6) is 0 Å². The molecule has 0 saturated carbocycles. The first-order valence-electron chi connectivity index (χ1n) is 5.61. The highest BCUT2D eigenvalue weighted by molar-refractivity contribution is 5.91. The fourth-order valence-electron chi connectivity index (χ4n) is 1.32. The minimum Gasteiger partial charge on any atom is -0.461 e. The Morgan fingerprint density at radius 3 is 2.79 bits per heavy atom. The number of urea groups is 1. The Bertz CT molecular complexity index is 477. The van der Waals surface area contributed by atoms with Gasteiger partial charge in [-0.3, -0.25) is 4.90 Å². The molecule has 1 aromatic carbocycles. The van der Waals surface area contributed by atoms with E-state index in [2.05, 4.69) is 16.6 Å². The van der Waals surface area contributed by atoms with Crippen molar-refractivity contribution in [2.75, 3.05) is 25.1 Å². The number of amides is 2. The first-order valence-corrected chi connectivity index (χ1v) is 5.61. The number of nitrogens with one attached hydrogen (secondary N) is 1. The van der Waals surface area contributed by atoms with Crippen molar-refractivity contribution in [2.24, 2.45) is 0 Å². The molecule has 0 spiro atoms. The zero-order valence-electron chi connectivity index (χ0n) is 10.6. The van der Waals surface area contributed by atoms with Crippen LogP contribution in [-0.4, -0.2) is 32.2 Å². The quantitative estimate of drug-likeness (QED) is 0.501. The average molecular weight is 266 g/mol. The molecule has 2 amide bonds. The number of nitrogens with zero attached hydrogens (tertiary/aromatic N) is 1. The van der Waals surface area contributed by atoms with Gasteiger partial charge in [-0.1, -0.05) is 18.7 Å². The number of hydrogen-bond donors (Lipinski definition) is 1. The molecule has 19 heavy (non-hydrogen) atoms. The number of rotatable bonds is 5. The summed E-state index contributed by atoms with van der Waals surface area (Å²) in [4.78, 5) is 23.6. The zero-order valence-corrected chi connectivity index (χ0v) is 10.6. The van der Waals surface area contributed by atoms with Gasteiger partial charge in [0.1, 0.15) is 12.4 Å². The third-order valence-electron chi connectivity index (χ3n) is 2.31. The third-order valence-corrected chi connectivity index (χ3v) is 2.31. The fourth-order valence-corrected chi connectivity index (χ4v) is 1.32. The highest BCUT2D eigenvalue weighted by atomic mass is 19.1. The van der Waals surface area contributed by atoms with Crippen LogP contribution in [0.15, 0.2) is 36.9 Å². The van der Waals surface area contributed by atoms with Gasteiger partial charge in [0.2, 0.25) is 0 Å². The standard InChI is InChI=1S/C13H15FN2O3/c1-3-12(17)19-9-8-15-13(18)16(2)11-7-5-4-6-10(11)14/h3-7H,1,8-9H2,2H3,(H,15,18). The molecular formula is C13H15FN2O3. The lowest BCUT2D eigenvalue weighted by atomic mass is 10.3. The van der Waals surface area contributed by atoms with E-state index in [1.54, 1.807) is 12.1 Å². The third kappa shape index (κ3) is 4.42. The molecule has 5 nitrogen and oxygen atoms in total. The Kier molecular flexibility index (Phi) is 5.53. The molecule has 1 rings (SSSR count). The molecule has 0 bridgehead atoms. The molecule has 0 aliphatic rings. The van der Waals surface area contributed by atoms with Gasteiger partial charge in [0.15, 0.2) is 0 Å². The number of benzene rings is 1. The van der Waals surface area contributed by atoms with E-state index in [1.165, 1.54) is 19.2 Å². The van der Waals surface area contributed by atoms with Crippen molar-refractivity contribution in [3.05, 3.63) is 42.7 Å². The highest BCUT2D eigenvalue weighted by Gasteiger charge is 2.13. The predicted octanol–water partition coefficient (Wildman–Crippen LogP) is 1.70. The molecule has 0 saturated heterocycles. The van der Waals surface area contributed by atoms with Gasteiger partial charge in [-0.05, 0) is 12.1 Å². The lowest BCUT2D eigenvalue weighted by Gasteiger charge is -2.18. The van der Waals surface area contributed by atoms with E-state index in [0.717, 1.165) is 11.0 Å². The van der Waals surface area contributed by atoms with Crippen LogP contribution in [0, 0.1) is 5.82 Å². The SMILES string of the molecule is C=CC(=O)OCCNC(=O)N(C)c1ccccc1F. The zero-order chi connectivity index (χ0) is 14.3. The van der Waals surface area contributed by atoms with E-state index in [0.29, 0.717) is 0 Å². The summed E-state index contributed by atoms with van der Waals surface area (Å²) >= 11 is 0. The van der Waals surface area contributed by atoms with Gasteiger partial charge in [-0.2, -0.15) is 0 Å². The van der Waals surface area contributed by atoms with Crippen LogP contribution in [0.1, 0.15) is 0 Å². The first kappa shape index (κ1) is 14.7. The number of halogens is 1. The number of ether oxygens (including phenoxy) is 1. The molecule has 0 aliphatic carbocycles. The monoisotopic (exact) mass is 266 g/mol. The van der Waals surface area contributed by atoms with Crippen LogP contribution in [0.25, 0.3) is 0 Å². The Hall–Kier alpha value is -2.37. The molecule has 0 radical (unpaired) electrons. The van der Waals surface area contributed by atoms with E-state index in [9.17, 15) is 14.0 Å². The molecular weight excluding hydrogens is 251 g/mol. The van der Waals surface area contributed by atoms with Gasteiger partial charge < -0.3 is 10.1 Å². The van der Waals surface area contributed by atoms with Gasteiger partial charge in [-0.15, -0.1) is 0 Å². The molecule has 0 unspecified atom stereocenters. The van der Waals surface area contributed by atoms with Crippen LogP contribution in [0.3, 0.4) is 0 Å². The van der Waals surface area contributed by atoms with Crippen LogP contribution < -0.4 is 10.2 Å². The first-order chi connectivity index (χ1) is 9.06. The van der Waals surface area contributed by atoms with Crippen molar-refractivity contribution in [3.8, 4) is 0 Å². The fraction of sp³-hybridized carbons (Fsp3) is 0.231. The van der Waals surface area contributed by atoms with Crippen LogP contribution >= 0.6 is 0 Å². The van der Waals surface area contributed by atoms with Gasteiger partial charge >= 0.3 is 12.0 Å². The predicted molar refractivity (Wildman–Crippen MR) is 69.4 cm³/mol. The molecule has 0 fully saturated rings. The summed E-state index contributed by atoms with van der Waals surface area (Å²) in [6.07, 6.45) is 1.04. The Morgan fingerprint density at radius 2 is 2.16 bits per heavy atom. The van der Waals surface area contributed by atoms with E-state index < -0.39 is 17.8 Å². The van der Waals surface area contributed by atoms with Crippen molar-refractivity contribution in [1.29, 1.82) is 0 Å². The van der Waals surface area contributed by atoms with Gasteiger partial charge in [0.25, 0.3) is 0 Å². The minimum absolute atomic E-state index is 0.0295. The Labute approximate surface area is 110 Å². The summed E-state index contributed by atoms with van der Waals surface area (Å²) in [5, 5.41) is 2.50. The largest absolute Gasteiger partial charge is 0.461 e. The van der Waals surface area contributed by atoms with E-state index in [4.69, 9.17) is 0 Å². The van der Waals surface area contributed by atoms with Crippen LogP contribution in [0.2, 0.25) is 0 Å². The topological polar surface area (TPSA) is 58.6 Å². The molecule has 0 heterocycles. The summed E-state index contributed by atoms with van der Waals surface area (Å²) < 4.78 is 18.1. The number of anilines is 1. The summed E-state index contributed by atoms with van der Waals surface area (Å²) in [7, 11) is 1.45. The second-order valence-electron chi connectivity index (χ2n) is 3.61. The number of esters is 1. The molecule has 0 aliphatic heterocycles. The summed E-state index contributed by atoms with van der Waals surface area (Å²) in [6, 6.07) is 5.45. The smallest absolute Gasteiger partial charge is 0.330 e. The van der Waals surface area contributed by atoms with Crippen molar-refractivity contribution in [3.63, 3.8) is 0 Å². The number of para-hydroxylation sites is 1. The molecule has 102 valence electrons. The van der Waals surface area contributed by atoms with Gasteiger partial charge in [0.05, 0.1) is 12.2 Å². The normalized spacial score (nSPS) is 9.58. The number of carbonyl (C=O) groups excluding carboxylic acids is 2. The maximum atomic E-state index is 13.4. The summed E-state index contributed by atoms with van der Waals surface area (Å²) in [5.41, 5.74) is 0.170. The van der Waals surface area contributed by atoms with Crippen molar-refractivity contribution >= 4 is 17.7 Å². The summed E-state index contributed by atoms with van der Waals surface area (Å²) in [5.74, 6) is -1.05. The molecule has 1 N–H and O–H groups in total. The van der Waals surface area contributed by atoms with E-state index >= 15 is 0 Å². The minimum atomic E-state index is -0.559. The average Bonchev–Trinajstić information content (AvgIpc) is 2.42. The lowest BCUT2D eigenvalue weighted by Crippen LogP contribution is -2.39. The van der Waals surface area contributed by atoms with Crippen molar-refractivity contribution < 1.29 is 18.7 Å². The maximum Gasteiger partial charge on any atom is 0.330 e. The van der Waals surface area contributed by atoms with E-state index in [-0.39, 0.29) is 18.8 Å². The molecule has 1 aromatic rings. The van der Waals surface area contributed by atoms with Crippen molar-refractivity contribution in [1.82, 2.24) is 5.32 Å². The van der Waals surface area contributed by atoms with Crippen LogP contribution in [-0.2, 0) is 9.53 Å². The highest BCUT2D eigenvalue weighted by Crippen LogP contribution is 2.16. The lowest BCUT2D eigenvalue weighted by molar-refractivity contribution is -0.137.